The minimum atomic E-state index is -0.734. The summed E-state index contributed by atoms with van der Waals surface area (Å²) in [5.41, 5.74) is -0.609. The number of aromatic nitrogens is 4. The zero-order valence-electron chi connectivity index (χ0n) is 10.3. The van der Waals surface area contributed by atoms with Crippen molar-refractivity contribution in [2.75, 3.05) is 0 Å². The van der Waals surface area contributed by atoms with E-state index in [2.05, 4.69) is 29.4 Å². The van der Waals surface area contributed by atoms with Crippen LogP contribution in [0, 0.1) is 11.3 Å². The molecule has 2 rings (SSSR count). The van der Waals surface area contributed by atoms with Gasteiger partial charge in [-0.2, -0.15) is 0 Å². The number of tetrazole rings is 1. The molecule has 6 heteroatoms. The van der Waals surface area contributed by atoms with Gasteiger partial charge in [-0.1, -0.05) is 13.8 Å². The number of nitrogens with zero attached hydrogens (tertiary/aromatic N) is 4. The first-order chi connectivity index (χ1) is 8.03. The molecule has 0 amide bonds. The second-order valence-electron chi connectivity index (χ2n) is 5.27. The molecule has 94 valence electrons. The van der Waals surface area contributed by atoms with E-state index in [4.69, 9.17) is 5.11 Å². The summed E-state index contributed by atoms with van der Waals surface area (Å²) >= 11 is 0. The van der Waals surface area contributed by atoms with Crippen molar-refractivity contribution in [2.45, 2.75) is 46.1 Å². The molecule has 0 atom stereocenters. The van der Waals surface area contributed by atoms with Crippen LogP contribution >= 0.6 is 0 Å². The van der Waals surface area contributed by atoms with Gasteiger partial charge in [0.15, 0.2) is 5.82 Å². The maximum absolute atomic E-state index is 11.1. The Kier molecular flexibility index (Phi) is 3.13. The summed E-state index contributed by atoms with van der Waals surface area (Å²) in [5, 5.41) is 20.6. The van der Waals surface area contributed by atoms with Crippen molar-refractivity contribution < 1.29 is 9.90 Å². The van der Waals surface area contributed by atoms with E-state index in [1.54, 1.807) is 4.68 Å². The quantitative estimate of drug-likeness (QED) is 0.803. The van der Waals surface area contributed by atoms with Crippen LogP contribution in [0.15, 0.2) is 0 Å². The van der Waals surface area contributed by atoms with E-state index in [1.165, 1.54) is 0 Å². The number of aryl methyl sites for hydroxylation is 1. The number of aliphatic carboxylic acids is 1. The van der Waals surface area contributed by atoms with Gasteiger partial charge in [0, 0.05) is 6.42 Å². The van der Waals surface area contributed by atoms with Crippen LogP contribution in [0.1, 0.15) is 38.9 Å². The molecule has 0 bridgehead atoms. The molecular weight excluding hydrogens is 220 g/mol. The SMILES string of the molecule is CC(C)CCc1nnnn1CC1(C(=O)O)CC1. The van der Waals surface area contributed by atoms with Gasteiger partial charge < -0.3 is 5.11 Å². The first-order valence-corrected chi connectivity index (χ1v) is 6.02. The molecular formula is C11H18N4O2. The van der Waals surface area contributed by atoms with Gasteiger partial charge in [0.2, 0.25) is 0 Å². The van der Waals surface area contributed by atoms with Crippen molar-refractivity contribution in [1.82, 2.24) is 20.2 Å². The molecule has 1 aromatic rings. The zero-order valence-corrected chi connectivity index (χ0v) is 10.3. The molecule has 17 heavy (non-hydrogen) atoms. The minimum Gasteiger partial charge on any atom is -0.481 e. The van der Waals surface area contributed by atoms with E-state index in [0.29, 0.717) is 12.5 Å². The lowest BCUT2D eigenvalue weighted by Gasteiger charge is -2.11. The summed E-state index contributed by atoms with van der Waals surface area (Å²) in [5.74, 6) is 0.656. The minimum absolute atomic E-state index is 0.406. The second-order valence-corrected chi connectivity index (χ2v) is 5.27. The lowest BCUT2D eigenvalue weighted by atomic mass is 10.1. The molecule has 1 fully saturated rings. The monoisotopic (exact) mass is 238 g/mol. The largest absolute Gasteiger partial charge is 0.481 e. The van der Waals surface area contributed by atoms with Crippen LogP contribution in [0.2, 0.25) is 0 Å². The fraction of sp³-hybridized carbons (Fsp3) is 0.818. The molecule has 0 radical (unpaired) electrons. The molecule has 1 aliphatic carbocycles. The van der Waals surface area contributed by atoms with Gasteiger partial charge in [-0.15, -0.1) is 5.10 Å². The Morgan fingerprint density at radius 3 is 2.76 bits per heavy atom. The predicted octanol–water partition coefficient (Wildman–Crippen LogP) is 1.13. The Morgan fingerprint density at radius 2 is 2.24 bits per heavy atom. The van der Waals surface area contributed by atoms with E-state index in [9.17, 15) is 4.79 Å². The average Bonchev–Trinajstić information content (AvgIpc) is 2.90. The summed E-state index contributed by atoms with van der Waals surface area (Å²) < 4.78 is 1.66. The molecule has 1 aromatic heterocycles. The Bertz CT molecular complexity index is 409. The number of carboxylic acids is 1. The highest BCUT2D eigenvalue weighted by Gasteiger charge is 2.51. The predicted molar refractivity (Wildman–Crippen MR) is 60.3 cm³/mol. The van der Waals surface area contributed by atoms with E-state index in [1.807, 2.05) is 0 Å². The van der Waals surface area contributed by atoms with Crippen LogP contribution in [-0.4, -0.2) is 31.3 Å². The van der Waals surface area contributed by atoms with Crippen molar-refractivity contribution in [3.05, 3.63) is 5.82 Å². The van der Waals surface area contributed by atoms with Crippen LogP contribution < -0.4 is 0 Å². The Balaban J connectivity index is 2.02. The standard InChI is InChI=1S/C11H18N4O2/c1-8(2)3-4-9-12-13-14-15(9)7-11(5-6-11)10(16)17/h8H,3-7H2,1-2H3,(H,16,17). The van der Waals surface area contributed by atoms with Gasteiger partial charge in [-0.05, 0) is 35.6 Å². The summed E-state index contributed by atoms with van der Waals surface area (Å²) in [6.45, 7) is 4.70. The molecule has 1 aliphatic rings. The highest BCUT2D eigenvalue weighted by Crippen LogP contribution is 2.47. The Hall–Kier alpha value is -1.46. The molecule has 0 saturated heterocycles. The summed E-state index contributed by atoms with van der Waals surface area (Å²) in [6.07, 6.45) is 3.28. The third-order valence-electron chi connectivity index (χ3n) is 3.31. The van der Waals surface area contributed by atoms with Gasteiger partial charge in [0.25, 0.3) is 0 Å². The smallest absolute Gasteiger partial charge is 0.311 e. The van der Waals surface area contributed by atoms with Crippen molar-refractivity contribution in [2.24, 2.45) is 11.3 Å². The van der Waals surface area contributed by atoms with Crippen molar-refractivity contribution in [3.8, 4) is 0 Å². The molecule has 0 unspecified atom stereocenters. The van der Waals surface area contributed by atoms with Crippen molar-refractivity contribution >= 4 is 5.97 Å². The fourth-order valence-corrected chi connectivity index (χ4v) is 1.82. The molecule has 0 spiro atoms. The molecule has 6 nitrogen and oxygen atoms in total. The van der Waals surface area contributed by atoms with Crippen LogP contribution in [0.25, 0.3) is 0 Å². The summed E-state index contributed by atoms with van der Waals surface area (Å²) in [4.78, 5) is 11.1. The molecule has 1 heterocycles. The first kappa shape index (κ1) is 12.0. The van der Waals surface area contributed by atoms with Crippen LogP contribution in [0.3, 0.4) is 0 Å². The fourth-order valence-electron chi connectivity index (χ4n) is 1.82. The third-order valence-corrected chi connectivity index (χ3v) is 3.31. The maximum atomic E-state index is 11.1. The lowest BCUT2D eigenvalue weighted by molar-refractivity contribution is -0.144. The molecule has 0 aromatic carbocycles. The maximum Gasteiger partial charge on any atom is 0.311 e. The van der Waals surface area contributed by atoms with Crippen molar-refractivity contribution in [1.29, 1.82) is 0 Å². The van der Waals surface area contributed by atoms with Gasteiger partial charge in [0.05, 0.1) is 12.0 Å². The molecule has 1 saturated carbocycles. The van der Waals surface area contributed by atoms with E-state index >= 15 is 0 Å². The highest BCUT2D eigenvalue weighted by atomic mass is 16.4. The van der Waals surface area contributed by atoms with Crippen LogP contribution in [0.5, 0.6) is 0 Å². The summed E-state index contributed by atoms with van der Waals surface area (Å²) in [6, 6.07) is 0. The van der Waals surface area contributed by atoms with Gasteiger partial charge >= 0.3 is 5.97 Å². The Morgan fingerprint density at radius 1 is 1.53 bits per heavy atom. The van der Waals surface area contributed by atoms with Gasteiger partial charge in [0.1, 0.15) is 0 Å². The van der Waals surface area contributed by atoms with Gasteiger partial charge in [-0.25, -0.2) is 4.68 Å². The number of hydrogen-bond acceptors (Lipinski definition) is 4. The summed E-state index contributed by atoms with van der Waals surface area (Å²) in [7, 11) is 0. The van der Waals surface area contributed by atoms with Gasteiger partial charge in [-0.3, -0.25) is 4.79 Å². The number of carbonyl (C=O) groups is 1. The highest BCUT2D eigenvalue weighted by molar-refractivity contribution is 5.77. The van der Waals surface area contributed by atoms with Crippen LogP contribution in [-0.2, 0) is 17.8 Å². The van der Waals surface area contributed by atoms with Crippen LogP contribution in [0.4, 0.5) is 0 Å². The lowest BCUT2D eigenvalue weighted by Crippen LogP contribution is -2.23. The van der Waals surface area contributed by atoms with E-state index < -0.39 is 11.4 Å². The molecule has 1 N–H and O–H groups in total. The zero-order chi connectivity index (χ0) is 12.5. The van der Waals surface area contributed by atoms with E-state index in [0.717, 1.165) is 31.5 Å². The van der Waals surface area contributed by atoms with E-state index in [-0.39, 0.29) is 0 Å². The van der Waals surface area contributed by atoms with Crippen molar-refractivity contribution in [3.63, 3.8) is 0 Å². The Labute approximate surface area is 100 Å². The first-order valence-electron chi connectivity index (χ1n) is 6.02. The second kappa shape index (κ2) is 4.43. The number of carboxylic acid groups (broad SMARTS) is 1. The number of hydrogen-bond donors (Lipinski definition) is 1. The normalized spacial score (nSPS) is 17.4. The third kappa shape index (κ3) is 2.62. The average molecular weight is 238 g/mol. The number of rotatable bonds is 6. The topological polar surface area (TPSA) is 80.9 Å². The molecule has 0 aliphatic heterocycles.